The number of carbonyl (C=O) groups excluding carboxylic acids is 1. The lowest BCUT2D eigenvalue weighted by atomic mass is 9.76. The first-order valence-corrected chi connectivity index (χ1v) is 7.98. The zero-order valence-corrected chi connectivity index (χ0v) is 14.6. The lowest BCUT2D eigenvalue weighted by Gasteiger charge is -2.43. The van der Waals surface area contributed by atoms with E-state index < -0.39 is 5.60 Å². The van der Waals surface area contributed by atoms with Crippen LogP contribution in [0, 0.1) is 0 Å². The van der Waals surface area contributed by atoms with Gasteiger partial charge in [-0.25, -0.2) is 4.79 Å². The third kappa shape index (κ3) is 7.67. The molecular weight excluding hydrogens is 266 g/mol. The predicted octanol–water partition coefficient (Wildman–Crippen LogP) is 2.41. The topological polar surface area (TPSA) is 62.4 Å². The first-order chi connectivity index (χ1) is 9.52. The van der Waals surface area contributed by atoms with E-state index in [1.54, 1.807) is 0 Å². The molecule has 0 aliphatic heterocycles. The fourth-order valence-corrected chi connectivity index (χ4v) is 2.32. The molecule has 0 bridgehead atoms. The number of amides is 1. The van der Waals surface area contributed by atoms with E-state index in [4.69, 9.17) is 4.74 Å². The highest BCUT2D eigenvalue weighted by Gasteiger charge is 2.39. The smallest absolute Gasteiger partial charge is 0.408 e. The summed E-state index contributed by atoms with van der Waals surface area (Å²) in [5.41, 5.74) is -0.423. The molecule has 3 N–H and O–H groups in total. The lowest BCUT2D eigenvalue weighted by molar-refractivity contribution is 0.0383. The largest absolute Gasteiger partial charge is 0.444 e. The normalized spacial score (nSPS) is 18.0. The molecule has 0 saturated heterocycles. The molecule has 5 nitrogen and oxygen atoms in total. The van der Waals surface area contributed by atoms with Crippen LogP contribution in [0.2, 0.25) is 0 Å². The second kappa shape index (κ2) is 6.97. The molecule has 0 aromatic carbocycles. The summed E-state index contributed by atoms with van der Waals surface area (Å²) in [6.07, 6.45) is 2.90. The molecule has 0 aromatic heterocycles. The minimum Gasteiger partial charge on any atom is -0.444 e. The van der Waals surface area contributed by atoms with Crippen molar-refractivity contribution < 1.29 is 9.53 Å². The van der Waals surface area contributed by atoms with Crippen LogP contribution in [0.15, 0.2) is 0 Å². The van der Waals surface area contributed by atoms with Gasteiger partial charge in [0.1, 0.15) is 5.60 Å². The Hall–Kier alpha value is -0.810. The fourth-order valence-electron chi connectivity index (χ4n) is 2.32. The van der Waals surface area contributed by atoms with Crippen LogP contribution in [0.1, 0.15) is 60.8 Å². The van der Waals surface area contributed by atoms with E-state index in [1.165, 1.54) is 0 Å². The van der Waals surface area contributed by atoms with Crippen LogP contribution in [0.5, 0.6) is 0 Å². The monoisotopic (exact) mass is 299 g/mol. The second-order valence-electron chi connectivity index (χ2n) is 8.11. The van der Waals surface area contributed by atoms with Gasteiger partial charge in [-0.1, -0.05) is 0 Å². The van der Waals surface area contributed by atoms with Gasteiger partial charge in [-0.3, -0.25) is 0 Å². The van der Waals surface area contributed by atoms with E-state index in [-0.39, 0.29) is 17.2 Å². The summed E-state index contributed by atoms with van der Waals surface area (Å²) in [4.78, 5) is 11.9. The van der Waals surface area contributed by atoms with Crippen LogP contribution in [0.4, 0.5) is 4.79 Å². The Labute approximate surface area is 129 Å². The molecule has 124 valence electrons. The van der Waals surface area contributed by atoms with Gasteiger partial charge in [0.05, 0.1) is 5.54 Å². The molecule has 5 heteroatoms. The van der Waals surface area contributed by atoms with E-state index in [1.807, 2.05) is 20.8 Å². The van der Waals surface area contributed by atoms with Crippen LogP contribution in [-0.2, 0) is 4.74 Å². The van der Waals surface area contributed by atoms with E-state index in [2.05, 4.69) is 36.7 Å². The standard InChI is InChI=1S/C16H33N3O2/c1-14(2,3)18-11-10-17-12-16(8-7-9-16)19-13(20)21-15(4,5)6/h17-18H,7-12H2,1-6H3,(H,19,20). The molecule has 0 aromatic rings. The van der Waals surface area contributed by atoms with E-state index >= 15 is 0 Å². The first-order valence-electron chi connectivity index (χ1n) is 7.98. The Balaban J connectivity index is 2.28. The van der Waals surface area contributed by atoms with Crippen molar-refractivity contribution in [3.05, 3.63) is 0 Å². The van der Waals surface area contributed by atoms with Crippen molar-refractivity contribution in [2.24, 2.45) is 0 Å². The molecule has 1 fully saturated rings. The number of ether oxygens (including phenoxy) is 1. The van der Waals surface area contributed by atoms with Gasteiger partial charge in [-0.15, -0.1) is 0 Å². The number of carbonyl (C=O) groups is 1. The van der Waals surface area contributed by atoms with Crippen molar-refractivity contribution in [3.8, 4) is 0 Å². The summed E-state index contributed by atoms with van der Waals surface area (Å²) in [5, 5.41) is 9.93. The van der Waals surface area contributed by atoms with Gasteiger partial charge in [0.2, 0.25) is 0 Å². The van der Waals surface area contributed by atoms with Crippen molar-refractivity contribution in [1.29, 1.82) is 0 Å². The van der Waals surface area contributed by atoms with Gasteiger partial charge in [0, 0.05) is 25.2 Å². The zero-order valence-electron chi connectivity index (χ0n) is 14.6. The lowest BCUT2D eigenvalue weighted by Crippen LogP contribution is -2.60. The maximum atomic E-state index is 11.9. The summed E-state index contributed by atoms with van der Waals surface area (Å²) >= 11 is 0. The van der Waals surface area contributed by atoms with Gasteiger partial charge in [-0.2, -0.15) is 0 Å². The average Bonchev–Trinajstić information content (AvgIpc) is 2.20. The van der Waals surface area contributed by atoms with Crippen LogP contribution in [0.25, 0.3) is 0 Å². The van der Waals surface area contributed by atoms with Crippen molar-refractivity contribution in [3.63, 3.8) is 0 Å². The minimum atomic E-state index is -0.445. The Kier molecular flexibility index (Phi) is 6.05. The number of rotatable bonds is 6. The summed E-state index contributed by atoms with van der Waals surface area (Å²) in [6.45, 7) is 14.8. The van der Waals surface area contributed by atoms with Crippen molar-refractivity contribution in [2.45, 2.75) is 77.5 Å². The van der Waals surface area contributed by atoms with E-state index in [0.717, 1.165) is 38.9 Å². The molecule has 0 atom stereocenters. The van der Waals surface area contributed by atoms with Gasteiger partial charge in [0.25, 0.3) is 0 Å². The van der Waals surface area contributed by atoms with Crippen molar-refractivity contribution >= 4 is 6.09 Å². The maximum Gasteiger partial charge on any atom is 0.408 e. The fraction of sp³-hybridized carbons (Fsp3) is 0.938. The Morgan fingerprint density at radius 3 is 2.14 bits per heavy atom. The van der Waals surface area contributed by atoms with Gasteiger partial charge in [-0.05, 0) is 60.8 Å². The molecule has 0 radical (unpaired) electrons. The molecule has 1 aliphatic carbocycles. The Bertz CT molecular complexity index is 338. The predicted molar refractivity (Wildman–Crippen MR) is 86.6 cm³/mol. The van der Waals surface area contributed by atoms with Crippen LogP contribution in [0.3, 0.4) is 0 Å². The highest BCUT2D eigenvalue weighted by Crippen LogP contribution is 2.31. The molecule has 1 amide bonds. The highest BCUT2D eigenvalue weighted by molar-refractivity contribution is 5.69. The minimum absolute atomic E-state index is 0.121. The molecular formula is C16H33N3O2. The highest BCUT2D eigenvalue weighted by atomic mass is 16.6. The van der Waals surface area contributed by atoms with E-state index in [9.17, 15) is 4.79 Å². The van der Waals surface area contributed by atoms with Gasteiger partial charge in [0.15, 0.2) is 0 Å². The number of alkyl carbamates (subject to hydrolysis) is 1. The zero-order chi connectivity index (χ0) is 16.1. The summed E-state index contributed by atoms with van der Waals surface area (Å²) < 4.78 is 5.35. The Morgan fingerprint density at radius 1 is 1.10 bits per heavy atom. The van der Waals surface area contributed by atoms with Crippen molar-refractivity contribution in [2.75, 3.05) is 19.6 Å². The third-order valence-corrected chi connectivity index (χ3v) is 3.50. The summed E-state index contributed by atoms with van der Waals surface area (Å²) in [5.74, 6) is 0. The van der Waals surface area contributed by atoms with Crippen LogP contribution < -0.4 is 16.0 Å². The van der Waals surface area contributed by atoms with E-state index in [0.29, 0.717) is 0 Å². The number of hydrogen-bond donors (Lipinski definition) is 3. The Morgan fingerprint density at radius 2 is 1.71 bits per heavy atom. The SMILES string of the molecule is CC(C)(C)NCCNCC1(NC(=O)OC(C)(C)C)CCC1. The third-order valence-electron chi connectivity index (χ3n) is 3.50. The first kappa shape index (κ1) is 18.2. The number of nitrogens with one attached hydrogen (secondary N) is 3. The molecule has 21 heavy (non-hydrogen) atoms. The van der Waals surface area contributed by atoms with Gasteiger partial charge >= 0.3 is 6.09 Å². The van der Waals surface area contributed by atoms with Crippen LogP contribution >= 0.6 is 0 Å². The molecule has 0 heterocycles. The van der Waals surface area contributed by atoms with Crippen molar-refractivity contribution in [1.82, 2.24) is 16.0 Å². The van der Waals surface area contributed by atoms with Crippen LogP contribution in [-0.4, -0.2) is 42.4 Å². The summed E-state index contributed by atoms with van der Waals surface area (Å²) in [7, 11) is 0. The second-order valence-corrected chi connectivity index (χ2v) is 8.11. The molecule has 1 saturated carbocycles. The quantitative estimate of drug-likeness (QED) is 0.659. The molecule has 1 rings (SSSR count). The number of hydrogen-bond acceptors (Lipinski definition) is 4. The molecule has 1 aliphatic rings. The maximum absolute atomic E-state index is 11.9. The summed E-state index contributed by atoms with van der Waals surface area (Å²) in [6, 6.07) is 0. The molecule has 0 spiro atoms. The van der Waals surface area contributed by atoms with Gasteiger partial charge < -0.3 is 20.7 Å². The average molecular weight is 299 g/mol. The molecule has 0 unspecified atom stereocenters.